The molecule has 0 bridgehead atoms. The highest BCUT2D eigenvalue weighted by Gasteiger charge is 2.24. The van der Waals surface area contributed by atoms with Gasteiger partial charge >= 0.3 is 0 Å². The van der Waals surface area contributed by atoms with Crippen LogP contribution in [-0.2, 0) is 16.6 Å². The van der Waals surface area contributed by atoms with Crippen molar-refractivity contribution in [3.63, 3.8) is 0 Å². The molecule has 1 heterocycles. The van der Waals surface area contributed by atoms with Crippen molar-refractivity contribution in [3.8, 4) is 0 Å². The maximum atomic E-state index is 12.4. The molecule has 0 amide bonds. The van der Waals surface area contributed by atoms with Gasteiger partial charge in [-0.05, 0) is 37.6 Å². The van der Waals surface area contributed by atoms with Gasteiger partial charge in [0.1, 0.15) is 4.90 Å². The molecule has 4 nitrogen and oxygen atoms in total. The van der Waals surface area contributed by atoms with E-state index in [1.807, 2.05) is 32.4 Å². The van der Waals surface area contributed by atoms with Crippen LogP contribution in [0.5, 0.6) is 0 Å². The number of aryl methyl sites for hydroxylation is 1. The van der Waals surface area contributed by atoms with Gasteiger partial charge in [0.25, 0.3) is 0 Å². The molecule has 0 aliphatic heterocycles. The highest BCUT2D eigenvalue weighted by molar-refractivity contribution is 7.98. The third kappa shape index (κ3) is 4.75. The van der Waals surface area contributed by atoms with Gasteiger partial charge in [0.05, 0.1) is 0 Å². The van der Waals surface area contributed by atoms with Gasteiger partial charge in [0.2, 0.25) is 10.0 Å². The van der Waals surface area contributed by atoms with Crippen molar-refractivity contribution in [2.24, 2.45) is 0 Å². The van der Waals surface area contributed by atoms with Gasteiger partial charge < -0.3 is 5.32 Å². The molecule has 2 N–H and O–H groups in total. The summed E-state index contributed by atoms with van der Waals surface area (Å²) in [7, 11) is -3.42. The fraction of sp³-hybridized carbons (Fsp3) is 0.667. The molecule has 0 aromatic carbocycles. The second-order valence-electron chi connectivity index (χ2n) is 4.43. The number of hydrogen-bond acceptors (Lipinski definition) is 5. The van der Waals surface area contributed by atoms with Crippen molar-refractivity contribution >= 4 is 33.1 Å². The van der Waals surface area contributed by atoms with Crippen LogP contribution in [0.2, 0.25) is 0 Å². The normalized spacial score (nSPS) is 13.7. The number of sulfonamides is 1. The minimum atomic E-state index is -3.42. The van der Waals surface area contributed by atoms with Crippen LogP contribution in [0.4, 0.5) is 0 Å². The summed E-state index contributed by atoms with van der Waals surface area (Å²) in [5.41, 5.74) is 0.821. The summed E-state index contributed by atoms with van der Waals surface area (Å²) in [6, 6.07) is -0.0636. The Morgan fingerprint density at radius 3 is 2.74 bits per heavy atom. The van der Waals surface area contributed by atoms with Gasteiger partial charge in [-0.2, -0.15) is 11.8 Å². The molecule has 110 valence electrons. The van der Waals surface area contributed by atoms with Crippen LogP contribution < -0.4 is 10.0 Å². The Kier molecular flexibility index (Phi) is 6.82. The Bertz CT molecular complexity index is 497. The molecule has 0 aliphatic carbocycles. The van der Waals surface area contributed by atoms with E-state index in [0.29, 0.717) is 11.4 Å². The summed E-state index contributed by atoms with van der Waals surface area (Å²) in [5, 5.41) is 5.09. The molecule has 0 spiro atoms. The summed E-state index contributed by atoms with van der Waals surface area (Å²) in [4.78, 5) is 1.33. The first-order valence-corrected chi connectivity index (χ1v) is 9.97. The molecule has 19 heavy (non-hydrogen) atoms. The van der Waals surface area contributed by atoms with E-state index in [2.05, 4.69) is 10.0 Å². The molecule has 1 unspecified atom stereocenters. The van der Waals surface area contributed by atoms with Crippen LogP contribution in [-0.4, -0.2) is 33.0 Å². The first-order chi connectivity index (χ1) is 8.92. The Morgan fingerprint density at radius 1 is 1.47 bits per heavy atom. The molecule has 0 saturated carbocycles. The number of thiophene rings is 1. The predicted octanol–water partition coefficient (Wildman–Crippen LogP) is 2.20. The average Bonchev–Trinajstić information content (AvgIpc) is 2.68. The smallest absolute Gasteiger partial charge is 0.242 e. The van der Waals surface area contributed by atoms with Gasteiger partial charge in [-0.15, -0.1) is 11.3 Å². The fourth-order valence-corrected chi connectivity index (χ4v) is 5.53. The SMILES string of the molecule is CCNCc1scc(C)c1S(=O)(=O)NC(C)CSC. The predicted molar refractivity (Wildman–Crippen MR) is 84.6 cm³/mol. The van der Waals surface area contributed by atoms with E-state index in [1.165, 1.54) is 11.3 Å². The molecule has 0 radical (unpaired) electrons. The first kappa shape index (κ1) is 17.0. The van der Waals surface area contributed by atoms with Crippen molar-refractivity contribution in [2.75, 3.05) is 18.6 Å². The van der Waals surface area contributed by atoms with Crippen LogP contribution in [0.1, 0.15) is 24.3 Å². The summed E-state index contributed by atoms with van der Waals surface area (Å²) in [6.07, 6.45) is 1.97. The lowest BCUT2D eigenvalue weighted by atomic mass is 10.3. The zero-order valence-electron chi connectivity index (χ0n) is 11.8. The number of hydrogen-bond donors (Lipinski definition) is 2. The number of nitrogens with one attached hydrogen (secondary N) is 2. The van der Waals surface area contributed by atoms with Crippen molar-refractivity contribution < 1.29 is 8.42 Å². The first-order valence-electron chi connectivity index (χ1n) is 6.21. The van der Waals surface area contributed by atoms with E-state index in [1.54, 1.807) is 11.8 Å². The minimum absolute atomic E-state index is 0.0636. The van der Waals surface area contributed by atoms with E-state index in [9.17, 15) is 8.42 Å². The monoisotopic (exact) mass is 322 g/mol. The second-order valence-corrected chi connectivity index (χ2v) is 7.95. The summed E-state index contributed by atoms with van der Waals surface area (Å²) in [6.45, 7) is 7.17. The number of thioether (sulfide) groups is 1. The largest absolute Gasteiger partial charge is 0.312 e. The van der Waals surface area contributed by atoms with Crippen LogP contribution >= 0.6 is 23.1 Å². The molecule has 0 fully saturated rings. The highest BCUT2D eigenvalue weighted by atomic mass is 32.2. The van der Waals surface area contributed by atoms with Crippen LogP contribution in [0.3, 0.4) is 0 Å². The molecule has 1 aromatic rings. The van der Waals surface area contributed by atoms with Gasteiger partial charge in [0, 0.05) is 23.2 Å². The summed E-state index contributed by atoms with van der Waals surface area (Å²) < 4.78 is 27.6. The van der Waals surface area contributed by atoms with E-state index in [4.69, 9.17) is 0 Å². The Hall–Kier alpha value is -0.0800. The van der Waals surface area contributed by atoms with Gasteiger partial charge in [-0.3, -0.25) is 0 Å². The molecule has 0 aliphatic rings. The van der Waals surface area contributed by atoms with Gasteiger partial charge in [-0.1, -0.05) is 6.92 Å². The van der Waals surface area contributed by atoms with Crippen molar-refractivity contribution in [2.45, 2.75) is 38.3 Å². The topological polar surface area (TPSA) is 58.2 Å². The molecule has 1 rings (SSSR count). The standard InChI is InChI=1S/C12H22N2O2S3/c1-5-13-6-11-12(9(2)7-18-11)19(15,16)14-10(3)8-17-4/h7,10,13-14H,5-6,8H2,1-4H3. The average molecular weight is 323 g/mol. The van der Waals surface area contributed by atoms with Crippen LogP contribution in [0.25, 0.3) is 0 Å². The van der Waals surface area contributed by atoms with E-state index < -0.39 is 10.0 Å². The van der Waals surface area contributed by atoms with Gasteiger partial charge in [0.15, 0.2) is 0 Å². The molecule has 7 heteroatoms. The molecule has 1 aromatic heterocycles. The van der Waals surface area contributed by atoms with Crippen molar-refractivity contribution in [1.29, 1.82) is 0 Å². The zero-order chi connectivity index (χ0) is 14.5. The minimum Gasteiger partial charge on any atom is -0.312 e. The quantitative estimate of drug-likeness (QED) is 0.770. The second kappa shape index (κ2) is 7.64. The fourth-order valence-electron chi connectivity index (χ4n) is 1.82. The summed E-state index contributed by atoms with van der Waals surface area (Å²) in [5.74, 6) is 0.769. The third-order valence-corrected chi connectivity index (χ3v) is 6.45. The van der Waals surface area contributed by atoms with Crippen molar-refractivity contribution in [3.05, 3.63) is 15.8 Å². The Labute approximate surface area is 124 Å². The Morgan fingerprint density at radius 2 is 2.16 bits per heavy atom. The van der Waals surface area contributed by atoms with Crippen molar-refractivity contribution in [1.82, 2.24) is 10.0 Å². The van der Waals surface area contributed by atoms with E-state index >= 15 is 0 Å². The molecule has 0 saturated heterocycles. The highest BCUT2D eigenvalue weighted by Crippen LogP contribution is 2.27. The van der Waals surface area contributed by atoms with Crippen LogP contribution in [0, 0.1) is 6.92 Å². The maximum absolute atomic E-state index is 12.4. The molecular formula is C12H22N2O2S3. The van der Waals surface area contributed by atoms with E-state index in [-0.39, 0.29) is 6.04 Å². The maximum Gasteiger partial charge on any atom is 0.242 e. The lowest BCUT2D eigenvalue weighted by Gasteiger charge is -2.14. The van der Waals surface area contributed by atoms with E-state index in [0.717, 1.165) is 22.7 Å². The van der Waals surface area contributed by atoms with Crippen LogP contribution in [0.15, 0.2) is 10.3 Å². The lowest BCUT2D eigenvalue weighted by molar-refractivity contribution is 0.569. The number of rotatable bonds is 8. The Balaban J connectivity index is 2.96. The van der Waals surface area contributed by atoms with Gasteiger partial charge in [-0.25, -0.2) is 13.1 Å². The molecule has 1 atom stereocenters. The molecular weight excluding hydrogens is 300 g/mol. The zero-order valence-corrected chi connectivity index (χ0v) is 14.3. The third-order valence-electron chi connectivity index (χ3n) is 2.57. The lowest BCUT2D eigenvalue weighted by Crippen LogP contribution is -2.35. The summed E-state index contributed by atoms with van der Waals surface area (Å²) >= 11 is 3.13.